The molecule has 218 valence electrons. The van der Waals surface area contributed by atoms with Gasteiger partial charge in [0.1, 0.15) is 5.75 Å². The van der Waals surface area contributed by atoms with Crippen LogP contribution in [-0.4, -0.2) is 35.9 Å². The number of anilines is 2. The molecule has 0 spiro atoms. The third-order valence-electron chi connectivity index (χ3n) is 6.76. The highest BCUT2D eigenvalue weighted by Crippen LogP contribution is 2.35. The number of carbonyl (C=O) groups excluding carboxylic acids is 1. The molecule has 0 aromatic heterocycles. The Morgan fingerprint density at radius 2 is 1.57 bits per heavy atom. The highest BCUT2D eigenvalue weighted by molar-refractivity contribution is 7.92. The molecule has 1 aliphatic rings. The molecule has 2 N–H and O–H groups in total. The van der Waals surface area contributed by atoms with Crippen LogP contribution in [0.3, 0.4) is 0 Å². The Bertz CT molecular complexity index is 1800. The van der Waals surface area contributed by atoms with Gasteiger partial charge in [-0.15, -0.1) is 0 Å². The summed E-state index contributed by atoms with van der Waals surface area (Å²) in [6.45, 7) is 1.71. The van der Waals surface area contributed by atoms with Crippen molar-refractivity contribution >= 4 is 48.9 Å². The van der Waals surface area contributed by atoms with Crippen molar-refractivity contribution in [2.75, 3.05) is 22.8 Å². The van der Waals surface area contributed by atoms with Gasteiger partial charge in [-0.2, -0.15) is 0 Å². The van der Waals surface area contributed by atoms with E-state index < -0.39 is 32.0 Å². The molecule has 0 aliphatic carbocycles. The lowest BCUT2D eigenvalue weighted by Crippen LogP contribution is -2.29. The van der Waals surface area contributed by atoms with Gasteiger partial charge in [0.05, 0.1) is 15.5 Å². The third kappa shape index (κ3) is 6.60. The van der Waals surface area contributed by atoms with E-state index in [4.69, 9.17) is 16.3 Å². The summed E-state index contributed by atoms with van der Waals surface area (Å²) >= 11 is 5.91. The van der Waals surface area contributed by atoms with Crippen LogP contribution in [0.1, 0.15) is 24.1 Å². The van der Waals surface area contributed by atoms with E-state index in [1.165, 1.54) is 52.8 Å². The first-order valence-corrected chi connectivity index (χ1v) is 16.3. The minimum absolute atomic E-state index is 0.0679. The first kappa shape index (κ1) is 29.6. The third-order valence-corrected chi connectivity index (χ3v) is 10.4. The summed E-state index contributed by atoms with van der Waals surface area (Å²) in [5, 5.41) is 3.16. The van der Waals surface area contributed by atoms with E-state index in [1.54, 1.807) is 25.1 Å². The average Bonchev–Trinajstić information content (AvgIpc) is 3.41. The molecule has 4 aromatic rings. The molecule has 0 bridgehead atoms. The Morgan fingerprint density at radius 1 is 0.905 bits per heavy atom. The van der Waals surface area contributed by atoms with Crippen LogP contribution in [0.2, 0.25) is 5.02 Å². The second kappa shape index (κ2) is 12.1. The van der Waals surface area contributed by atoms with Gasteiger partial charge in [-0.3, -0.25) is 9.10 Å². The minimum atomic E-state index is -3.81. The number of halogens is 1. The number of carbonyl (C=O) groups is 1. The van der Waals surface area contributed by atoms with Gasteiger partial charge in [0.25, 0.3) is 15.9 Å². The molecule has 1 heterocycles. The van der Waals surface area contributed by atoms with Crippen LogP contribution >= 0.6 is 11.6 Å². The topological polar surface area (TPSA) is 122 Å². The van der Waals surface area contributed by atoms with Gasteiger partial charge in [0.15, 0.2) is 6.61 Å². The van der Waals surface area contributed by atoms with E-state index in [9.17, 15) is 21.6 Å². The summed E-state index contributed by atoms with van der Waals surface area (Å²) in [5.41, 5.74) is 2.60. The van der Waals surface area contributed by atoms with Gasteiger partial charge >= 0.3 is 0 Å². The molecule has 12 heteroatoms. The molecular formula is C30H28ClN3O6S2. The highest BCUT2D eigenvalue weighted by atomic mass is 35.5. The maximum absolute atomic E-state index is 13.2. The predicted octanol–water partition coefficient (Wildman–Crippen LogP) is 5.15. The van der Waals surface area contributed by atoms with Crippen molar-refractivity contribution in [3.05, 3.63) is 113 Å². The number of ether oxygens (including phenoxy) is 1. The monoisotopic (exact) mass is 625 g/mol. The molecule has 1 atom stereocenters. The van der Waals surface area contributed by atoms with Gasteiger partial charge in [-0.05, 0) is 85.1 Å². The fourth-order valence-corrected chi connectivity index (χ4v) is 7.44. The number of benzene rings is 4. The predicted molar refractivity (Wildman–Crippen MR) is 162 cm³/mol. The van der Waals surface area contributed by atoms with Crippen molar-refractivity contribution in [3.8, 4) is 5.75 Å². The Kier molecular flexibility index (Phi) is 8.55. The van der Waals surface area contributed by atoms with Gasteiger partial charge in [0, 0.05) is 23.3 Å². The lowest BCUT2D eigenvalue weighted by molar-refractivity contribution is -0.118. The zero-order valence-corrected chi connectivity index (χ0v) is 24.9. The van der Waals surface area contributed by atoms with Crippen LogP contribution in [0.25, 0.3) is 0 Å². The molecule has 4 aromatic carbocycles. The van der Waals surface area contributed by atoms with Gasteiger partial charge in [0.2, 0.25) is 10.0 Å². The van der Waals surface area contributed by atoms with Crippen LogP contribution in [0.15, 0.2) is 107 Å². The molecule has 1 aliphatic heterocycles. The number of nitrogens with zero attached hydrogens (tertiary/aromatic N) is 1. The molecule has 0 saturated carbocycles. The number of amides is 1. The first-order valence-electron chi connectivity index (χ1n) is 13.0. The number of sulfonamides is 2. The Morgan fingerprint density at radius 3 is 2.26 bits per heavy atom. The quantitative estimate of drug-likeness (QED) is 0.251. The van der Waals surface area contributed by atoms with Crippen LogP contribution in [0.5, 0.6) is 5.75 Å². The number of nitrogens with one attached hydrogen (secondary N) is 2. The summed E-state index contributed by atoms with van der Waals surface area (Å²) in [5.74, 6) is -0.149. The van der Waals surface area contributed by atoms with Gasteiger partial charge in [-0.1, -0.05) is 48.0 Å². The molecule has 5 rings (SSSR count). The Labute approximate surface area is 250 Å². The summed E-state index contributed by atoms with van der Waals surface area (Å²) in [6, 6.07) is 25.7. The molecule has 0 fully saturated rings. The summed E-state index contributed by atoms with van der Waals surface area (Å²) in [7, 11) is -7.58. The first-order chi connectivity index (χ1) is 20.0. The van der Waals surface area contributed by atoms with Crippen molar-refractivity contribution in [2.45, 2.75) is 29.2 Å². The summed E-state index contributed by atoms with van der Waals surface area (Å²) < 4.78 is 61.6. The Hall–Kier alpha value is -3.90. The smallest absolute Gasteiger partial charge is 0.264 e. The maximum Gasteiger partial charge on any atom is 0.264 e. The highest BCUT2D eigenvalue weighted by Gasteiger charge is 2.31. The zero-order valence-electron chi connectivity index (χ0n) is 22.5. The Balaban J connectivity index is 1.19. The summed E-state index contributed by atoms with van der Waals surface area (Å²) in [6.07, 6.45) is 0.548. The maximum atomic E-state index is 13.2. The fourth-order valence-electron chi connectivity index (χ4n) is 4.58. The second-order valence-corrected chi connectivity index (χ2v) is 13.7. The molecular weight excluding hydrogens is 598 g/mol. The molecule has 0 unspecified atom stereocenters. The second-order valence-electron chi connectivity index (χ2n) is 9.69. The van der Waals surface area contributed by atoms with E-state index in [-0.39, 0.29) is 22.9 Å². The zero-order chi connectivity index (χ0) is 29.9. The van der Waals surface area contributed by atoms with E-state index in [1.807, 2.05) is 30.3 Å². The van der Waals surface area contributed by atoms with Gasteiger partial charge in [-0.25, -0.2) is 21.6 Å². The number of fused-ring (bicyclic) bond motifs is 1. The van der Waals surface area contributed by atoms with Crippen LogP contribution in [0, 0.1) is 0 Å². The number of hydrogen-bond donors (Lipinski definition) is 2. The van der Waals surface area contributed by atoms with E-state index in [0.29, 0.717) is 28.6 Å². The lowest BCUT2D eigenvalue weighted by Gasteiger charge is -2.20. The van der Waals surface area contributed by atoms with E-state index in [0.717, 1.165) is 11.1 Å². The largest absolute Gasteiger partial charge is 0.484 e. The standard InChI is InChI=1S/C30H28ClN3O6S2/c1-21(22-5-3-2-4-6-22)33-41(36,37)27-15-11-26(12-16-27)40-20-30(35)32-25-10-7-23-17-18-34(29(23)19-25)42(38,39)28-13-8-24(31)9-14-28/h2-16,19,21,33H,17-18,20H2,1H3,(H,32,35)/t21-/m1/s1. The van der Waals surface area contributed by atoms with Gasteiger partial charge < -0.3 is 10.1 Å². The van der Waals surface area contributed by atoms with Crippen LogP contribution in [-0.2, 0) is 31.3 Å². The van der Waals surface area contributed by atoms with Crippen molar-refractivity contribution in [3.63, 3.8) is 0 Å². The van der Waals surface area contributed by atoms with Crippen molar-refractivity contribution in [1.29, 1.82) is 0 Å². The molecule has 0 radical (unpaired) electrons. The molecule has 1 amide bonds. The van der Waals surface area contributed by atoms with Crippen molar-refractivity contribution in [2.24, 2.45) is 0 Å². The molecule has 42 heavy (non-hydrogen) atoms. The van der Waals surface area contributed by atoms with E-state index >= 15 is 0 Å². The average molecular weight is 626 g/mol. The van der Waals surface area contributed by atoms with Crippen molar-refractivity contribution in [1.82, 2.24) is 4.72 Å². The lowest BCUT2D eigenvalue weighted by atomic mass is 10.1. The normalized spacial score (nSPS) is 13.8. The SMILES string of the molecule is C[C@@H](NS(=O)(=O)c1ccc(OCC(=O)Nc2ccc3c(c2)N(S(=O)(=O)c2ccc(Cl)cc2)CC3)cc1)c1ccccc1. The van der Waals surface area contributed by atoms with Crippen LogP contribution < -0.4 is 19.1 Å². The molecule has 9 nitrogen and oxygen atoms in total. The minimum Gasteiger partial charge on any atom is -0.484 e. The van der Waals surface area contributed by atoms with Crippen LogP contribution in [0.4, 0.5) is 11.4 Å². The number of rotatable bonds is 10. The number of hydrogen-bond acceptors (Lipinski definition) is 6. The molecule has 0 saturated heterocycles. The van der Waals surface area contributed by atoms with E-state index in [2.05, 4.69) is 10.0 Å². The fraction of sp³-hybridized carbons (Fsp3) is 0.167. The summed E-state index contributed by atoms with van der Waals surface area (Å²) in [4.78, 5) is 12.8. The van der Waals surface area contributed by atoms with Crippen molar-refractivity contribution < 1.29 is 26.4 Å².